The van der Waals surface area contributed by atoms with E-state index in [0.29, 0.717) is 13.0 Å². The molecule has 0 N–H and O–H groups in total. The number of morpholine rings is 1. The monoisotopic (exact) mass is 201 g/mol. The maximum absolute atomic E-state index is 10.8. The number of hydrogen-bond acceptors (Lipinski definition) is 4. The molecule has 0 saturated carbocycles. The normalized spacial score (nSPS) is 18.1. The molecule has 82 valence electrons. The van der Waals surface area contributed by atoms with Gasteiger partial charge in [-0.25, -0.2) is 0 Å². The van der Waals surface area contributed by atoms with Crippen LogP contribution in [0.1, 0.15) is 19.8 Å². The Kier molecular flexibility index (Phi) is 5.56. The highest BCUT2D eigenvalue weighted by atomic mass is 16.5. The van der Waals surface area contributed by atoms with E-state index in [-0.39, 0.29) is 5.97 Å². The van der Waals surface area contributed by atoms with E-state index in [0.717, 1.165) is 39.3 Å². The fourth-order valence-electron chi connectivity index (χ4n) is 1.40. The minimum absolute atomic E-state index is 0.105. The molecule has 4 heteroatoms. The molecule has 4 nitrogen and oxygen atoms in total. The summed E-state index contributed by atoms with van der Waals surface area (Å²) in [5.41, 5.74) is 0. The van der Waals surface area contributed by atoms with Crippen molar-refractivity contribution in [1.82, 2.24) is 4.90 Å². The third kappa shape index (κ3) is 4.58. The van der Waals surface area contributed by atoms with E-state index < -0.39 is 0 Å². The van der Waals surface area contributed by atoms with Crippen molar-refractivity contribution in [2.24, 2.45) is 0 Å². The van der Waals surface area contributed by atoms with Crippen LogP contribution in [0.4, 0.5) is 0 Å². The van der Waals surface area contributed by atoms with Gasteiger partial charge < -0.3 is 9.47 Å². The van der Waals surface area contributed by atoms with Crippen molar-refractivity contribution in [3.63, 3.8) is 0 Å². The first-order valence-corrected chi connectivity index (χ1v) is 5.28. The molecule has 0 aromatic carbocycles. The molecule has 14 heavy (non-hydrogen) atoms. The Labute approximate surface area is 85.2 Å². The standard InChI is InChI=1S/C10H19NO3/c1-2-10(12)14-7-3-4-11-5-8-13-9-6-11/h2-9H2,1H3. The Bertz CT molecular complexity index is 167. The number of carbonyl (C=O) groups excluding carboxylic acids is 1. The van der Waals surface area contributed by atoms with Crippen LogP contribution in [0.15, 0.2) is 0 Å². The molecule has 1 aliphatic heterocycles. The molecule has 1 aliphatic rings. The van der Waals surface area contributed by atoms with Gasteiger partial charge in [0.1, 0.15) is 0 Å². The van der Waals surface area contributed by atoms with E-state index in [9.17, 15) is 4.79 Å². The number of nitrogens with zero attached hydrogens (tertiary/aromatic N) is 1. The maximum atomic E-state index is 10.8. The zero-order chi connectivity index (χ0) is 10.2. The highest BCUT2D eigenvalue weighted by molar-refractivity contribution is 5.68. The van der Waals surface area contributed by atoms with Crippen LogP contribution in [0.5, 0.6) is 0 Å². The number of rotatable bonds is 5. The molecule has 0 unspecified atom stereocenters. The van der Waals surface area contributed by atoms with Gasteiger partial charge in [0, 0.05) is 26.1 Å². The maximum Gasteiger partial charge on any atom is 0.305 e. The van der Waals surface area contributed by atoms with Crippen LogP contribution in [-0.4, -0.2) is 50.3 Å². The highest BCUT2D eigenvalue weighted by Gasteiger charge is 2.09. The van der Waals surface area contributed by atoms with Gasteiger partial charge >= 0.3 is 5.97 Å². The summed E-state index contributed by atoms with van der Waals surface area (Å²) in [5, 5.41) is 0. The van der Waals surface area contributed by atoms with Crippen LogP contribution in [0.25, 0.3) is 0 Å². The molecule has 0 aliphatic carbocycles. The summed E-state index contributed by atoms with van der Waals surface area (Å²) >= 11 is 0. The zero-order valence-electron chi connectivity index (χ0n) is 8.83. The minimum atomic E-state index is -0.105. The fraction of sp³-hybridized carbons (Fsp3) is 0.900. The summed E-state index contributed by atoms with van der Waals surface area (Å²) in [7, 11) is 0. The van der Waals surface area contributed by atoms with Crippen LogP contribution in [0, 0.1) is 0 Å². The van der Waals surface area contributed by atoms with Crippen molar-refractivity contribution >= 4 is 5.97 Å². The van der Waals surface area contributed by atoms with Crippen LogP contribution in [0.3, 0.4) is 0 Å². The summed E-state index contributed by atoms with van der Waals surface area (Å²) in [4.78, 5) is 13.1. The van der Waals surface area contributed by atoms with Crippen molar-refractivity contribution in [2.45, 2.75) is 19.8 Å². The molecule has 0 amide bonds. The third-order valence-corrected chi connectivity index (χ3v) is 2.27. The fourth-order valence-corrected chi connectivity index (χ4v) is 1.40. The Balaban J connectivity index is 1.94. The van der Waals surface area contributed by atoms with Crippen LogP contribution >= 0.6 is 0 Å². The molecule has 0 radical (unpaired) electrons. The van der Waals surface area contributed by atoms with E-state index in [1.807, 2.05) is 6.92 Å². The third-order valence-electron chi connectivity index (χ3n) is 2.27. The number of ether oxygens (including phenoxy) is 2. The largest absolute Gasteiger partial charge is 0.466 e. The van der Waals surface area contributed by atoms with Gasteiger partial charge in [0.25, 0.3) is 0 Å². The Morgan fingerprint density at radius 1 is 1.43 bits per heavy atom. The van der Waals surface area contributed by atoms with Crippen molar-refractivity contribution in [2.75, 3.05) is 39.5 Å². The molecule has 1 saturated heterocycles. The lowest BCUT2D eigenvalue weighted by molar-refractivity contribution is -0.143. The molecule has 0 aromatic heterocycles. The first kappa shape index (κ1) is 11.5. The summed E-state index contributed by atoms with van der Waals surface area (Å²) in [6, 6.07) is 0. The van der Waals surface area contributed by atoms with Gasteiger partial charge in [-0.1, -0.05) is 6.92 Å². The molecule has 0 bridgehead atoms. The summed E-state index contributed by atoms with van der Waals surface area (Å²) < 4.78 is 10.2. The lowest BCUT2D eigenvalue weighted by Crippen LogP contribution is -2.37. The average Bonchev–Trinajstić information content (AvgIpc) is 2.25. The molecule has 0 aromatic rings. The Morgan fingerprint density at radius 2 is 2.14 bits per heavy atom. The lowest BCUT2D eigenvalue weighted by atomic mass is 10.3. The van der Waals surface area contributed by atoms with Gasteiger partial charge in [-0.05, 0) is 6.42 Å². The van der Waals surface area contributed by atoms with Crippen LogP contribution in [0.2, 0.25) is 0 Å². The second-order valence-electron chi connectivity index (χ2n) is 3.38. The SMILES string of the molecule is CCC(=O)OCCCN1CCOCC1. The topological polar surface area (TPSA) is 38.8 Å². The number of carbonyl (C=O) groups is 1. The zero-order valence-corrected chi connectivity index (χ0v) is 8.83. The average molecular weight is 201 g/mol. The van der Waals surface area contributed by atoms with Crippen LogP contribution in [-0.2, 0) is 14.3 Å². The van der Waals surface area contributed by atoms with Gasteiger partial charge in [-0.3, -0.25) is 9.69 Å². The van der Waals surface area contributed by atoms with Gasteiger partial charge in [-0.2, -0.15) is 0 Å². The van der Waals surface area contributed by atoms with Crippen molar-refractivity contribution in [3.05, 3.63) is 0 Å². The first-order chi connectivity index (χ1) is 6.83. The molecule has 1 rings (SSSR count). The van der Waals surface area contributed by atoms with Gasteiger partial charge in [0.2, 0.25) is 0 Å². The quantitative estimate of drug-likeness (QED) is 0.484. The number of hydrogen-bond donors (Lipinski definition) is 0. The Hall–Kier alpha value is -0.610. The van der Waals surface area contributed by atoms with E-state index in [1.54, 1.807) is 0 Å². The molecule has 1 fully saturated rings. The second kappa shape index (κ2) is 6.79. The van der Waals surface area contributed by atoms with E-state index >= 15 is 0 Å². The second-order valence-corrected chi connectivity index (χ2v) is 3.38. The van der Waals surface area contributed by atoms with Crippen molar-refractivity contribution in [1.29, 1.82) is 0 Å². The first-order valence-electron chi connectivity index (χ1n) is 5.28. The minimum Gasteiger partial charge on any atom is -0.466 e. The summed E-state index contributed by atoms with van der Waals surface area (Å²) in [6.45, 7) is 7.02. The molecule has 1 heterocycles. The van der Waals surface area contributed by atoms with Gasteiger partial charge in [0.15, 0.2) is 0 Å². The molecular weight excluding hydrogens is 182 g/mol. The smallest absolute Gasteiger partial charge is 0.305 e. The predicted molar refractivity (Wildman–Crippen MR) is 53.1 cm³/mol. The van der Waals surface area contributed by atoms with E-state index in [1.165, 1.54) is 0 Å². The van der Waals surface area contributed by atoms with Crippen molar-refractivity contribution < 1.29 is 14.3 Å². The Morgan fingerprint density at radius 3 is 2.79 bits per heavy atom. The predicted octanol–water partition coefficient (Wildman–Crippen LogP) is 0.662. The molecule has 0 atom stereocenters. The van der Waals surface area contributed by atoms with Crippen LogP contribution < -0.4 is 0 Å². The summed E-state index contributed by atoms with van der Waals surface area (Å²) in [5.74, 6) is -0.105. The number of esters is 1. The van der Waals surface area contributed by atoms with Gasteiger partial charge in [-0.15, -0.1) is 0 Å². The molecule has 0 spiro atoms. The van der Waals surface area contributed by atoms with E-state index in [4.69, 9.17) is 9.47 Å². The van der Waals surface area contributed by atoms with E-state index in [2.05, 4.69) is 4.90 Å². The molecular formula is C10H19NO3. The summed E-state index contributed by atoms with van der Waals surface area (Å²) in [6.07, 6.45) is 1.39. The highest BCUT2D eigenvalue weighted by Crippen LogP contribution is 1.98. The van der Waals surface area contributed by atoms with Crippen molar-refractivity contribution in [3.8, 4) is 0 Å². The van der Waals surface area contributed by atoms with Gasteiger partial charge in [0.05, 0.1) is 19.8 Å². The lowest BCUT2D eigenvalue weighted by Gasteiger charge is -2.26.